The van der Waals surface area contributed by atoms with Crippen LogP contribution in [0.4, 0.5) is 5.82 Å². The molecule has 0 aromatic carbocycles. The molecule has 0 saturated carbocycles. The van der Waals surface area contributed by atoms with Crippen LogP contribution in [0.1, 0.15) is 34.8 Å². The minimum atomic E-state index is -3.71. The van der Waals surface area contributed by atoms with Gasteiger partial charge in [0.05, 0.1) is 24.4 Å². The lowest BCUT2D eigenvalue weighted by atomic mass is 9.95. The van der Waals surface area contributed by atoms with E-state index < -0.39 is 26.0 Å². The van der Waals surface area contributed by atoms with E-state index in [1.807, 2.05) is 0 Å². The van der Waals surface area contributed by atoms with Crippen molar-refractivity contribution in [3.05, 3.63) is 54.4 Å². The summed E-state index contributed by atoms with van der Waals surface area (Å²) in [6, 6.07) is 3.34. The predicted molar refractivity (Wildman–Crippen MR) is 129 cm³/mol. The first-order valence-corrected chi connectivity index (χ1v) is 14.6. The smallest absolute Gasteiger partial charge is 0.262 e. The Morgan fingerprint density at radius 1 is 1.03 bits per heavy atom. The first-order chi connectivity index (χ1) is 17.0. The zero-order valence-corrected chi connectivity index (χ0v) is 21.0. The summed E-state index contributed by atoms with van der Waals surface area (Å²) >= 11 is 0. The molecule has 16 heteroatoms. The predicted octanol–water partition coefficient (Wildman–Crippen LogP) is 0.310. The summed E-state index contributed by atoms with van der Waals surface area (Å²) < 4.78 is 53.5. The number of fused-ring (bicyclic) bond motifs is 1. The second-order valence-corrected chi connectivity index (χ2v) is 12.3. The van der Waals surface area contributed by atoms with Crippen LogP contribution >= 0.6 is 0 Å². The maximum absolute atomic E-state index is 13.2. The molecule has 1 amide bonds. The third kappa shape index (κ3) is 4.49. The molecule has 0 spiro atoms. The van der Waals surface area contributed by atoms with Crippen LogP contribution in [0.2, 0.25) is 0 Å². The highest BCUT2D eigenvalue weighted by atomic mass is 32.2. The third-order valence-corrected chi connectivity index (χ3v) is 8.27. The maximum atomic E-state index is 13.2. The van der Waals surface area contributed by atoms with Gasteiger partial charge < -0.3 is 5.32 Å². The molecule has 0 aliphatic carbocycles. The van der Waals surface area contributed by atoms with E-state index in [0.717, 1.165) is 10.2 Å². The van der Waals surface area contributed by atoms with Gasteiger partial charge in [0.25, 0.3) is 5.91 Å². The zero-order valence-electron chi connectivity index (χ0n) is 19.4. The number of nitrogens with zero attached hydrogens (tertiary/aromatic N) is 8. The number of piperidine rings is 1. The van der Waals surface area contributed by atoms with Crippen molar-refractivity contribution in [1.82, 2.24) is 37.6 Å². The minimum absolute atomic E-state index is 0.0226. The quantitative estimate of drug-likeness (QED) is 0.367. The molecule has 1 aliphatic heterocycles. The number of carbonyl (C=O) groups is 1. The topological polar surface area (TPSA) is 166 Å². The van der Waals surface area contributed by atoms with E-state index in [1.165, 1.54) is 38.3 Å². The summed E-state index contributed by atoms with van der Waals surface area (Å²) in [7, 11) is -7.00. The number of aromatic nitrogens is 7. The Bertz CT molecular complexity index is 1660. The van der Waals surface area contributed by atoms with Crippen LogP contribution in [0.15, 0.2) is 43.1 Å². The van der Waals surface area contributed by atoms with Crippen molar-refractivity contribution < 1.29 is 21.6 Å². The Kier molecular flexibility index (Phi) is 5.88. The molecule has 5 rings (SSSR count). The molecule has 36 heavy (non-hydrogen) atoms. The number of hydrogen-bond acceptors (Lipinski definition) is 9. The second kappa shape index (κ2) is 8.79. The maximum Gasteiger partial charge on any atom is 0.262 e. The van der Waals surface area contributed by atoms with E-state index in [0.29, 0.717) is 37.3 Å². The highest BCUT2D eigenvalue weighted by Crippen LogP contribution is 2.31. The van der Waals surface area contributed by atoms with Crippen molar-refractivity contribution in [1.29, 1.82) is 0 Å². The molecule has 0 radical (unpaired) electrons. The standard InChI is InChI=1S/C20H23N9O5S2/c1-35(31,32)26-9-4-14(5-10-26)16-12-17(29(25-16)20-22-7-11-28(20)36(2,33)34)24-19(30)15-13-23-27-8-3-6-21-18(15)27/h3,6-8,11-14H,4-5,9-10H2,1-2H3,(H,24,30). The number of carbonyl (C=O) groups excluding carboxylic acids is 1. The van der Waals surface area contributed by atoms with Gasteiger partial charge in [-0.25, -0.2) is 39.6 Å². The Hall–Kier alpha value is -3.63. The highest BCUT2D eigenvalue weighted by molar-refractivity contribution is 7.89. The van der Waals surface area contributed by atoms with E-state index >= 15 is 0 Å². The van der Waals surface area contributed by atoms with Crippen molar-refractivity contribution in [2.75, 3.05) is 30.9 Å². The fourth-order valence-corrected chi connectivity index (χ4v) is 5.76. The van der Waals surface area contributed by atoms with Crippen LogP contribution in [0.25, 0.3) is 11.6 Å². The van der Waals surface area contributed by atoms with E-state index in [-0.39, 0.29) is 23.2 Å². The van der Waals surface area contributed by atoms with Crippen LogP contribution < -0.4 is 5.32 Å². The van der Waals surface area contributed by atoms with E-state index in [2.05, 4.69) is 25.5 Å². The summed E-state index contributed by atoms with van der Waals surface area (Å²) in [6.45, 7) is 0.675. The van der Waals surface area contributed by atoms with Gasteiger partial charge in [0.15, 0.2) is 5.65 Å². The molecule has 1 N–H and O–H groups in total. The van der Waals surface area contributed by atoms with Crippen LogP contribution in [0.3, 0.4) is 0 Å². The van der Waals surface area contributed by atoms with Gasteiger partial charge in [-0.2, -0.15) is 14.9 Å². The number of rotatable bonds is 6. The van der Waals surface area contributed by atoms with E-state index in [9.17, 15) is 21.6 Å². The molecule has 0 bridgehead atoms. The number of hydrogen-bond donors (Lipinski definition) is 1. The number of nitrogens with one attached hydrogen (secondary N) is 1. The van der Waals surface area contributed by atoms with Gasteiger partial charge in [-0.15, -0.1) is 0 Å². The fourth-order valence-electron chi connectivity index (χ4n) is 4.19. The molecule has 0 atom stereocenters. The lowest BCUT2D eigenvalue weighted by molar-refractivity contribution is 0.102. The van der Waals surface area contributed by atoms with Gasteiger partial charge in [-0.05, 0) is 18.9 Å². The summed E-state index contributed by atoms with van der Waals surface area (Å²) in [4.78, 5) is 21.5. The van der Waals surface area contributed by atoms with Crippen molar-refractivity contribution >= 4 is 37.4 Å². The SMILES string of the molecule is CS(=O)(=O)N1CCC(c2cc(NC(=O)c3cnn4cccnc34)n(-c3nccn3S(C)(=O)=O)n2)CC1. The van der Waals surface area contributed by atoms with Crippen molar-refractivity contribution in [2.24, 2.45) is 0 Å². The molecule has 4 aromatic heterocycles. The zero-order chi connectivity index (χ0) is 25.7. The molecule has 0 unspecified atom stereocenters. The molecular formula is C20H23N9O5S2. The van der Waals surface area contributed by atoms with Crippen LogP contribution in [0.5, 0.6) is 0 Å². The summed E-state index contributed by atoms with van der Waals surface area (Å²) in [5.74, 6) is -0.432. The molecule has 1 fully saturated rings. The van der Waals surface area contributed by atoms with Crippen molar-refractivity contribution in [3.8, 4) is 5.95 Å². The van der Waals surface area contributed by atoms with Crippen LogP contribution in [0, 0.1) is 0 Å². The van der Waals surface area contributed by atoms with Gasteiger partial charge in [-0.3, -0.25) is 4.79 Å². The van der Waals surface area contributed by atoms with Crippen LogP contribution in [-0.2, 0) is 20.0 Å². The Morgan fingerprint density at radius 3 is 2.47 bits per heavy atom. The Labute approximate surface area is 206 Å². The lowest BCUT2D eigenvalue weighted by Gasteiger charge is -2.29. The van der Waals surface area contributed by atoms with Gasteiger partial charge >= 0.3 is 0 Å². The molecule has 1 aliphatic rings. The third-order valence-electron chi connectivity index (χ3n) is 5.97. The average Bonchev–Trinajstić information content (AvgIpc) is 3.56. The second-order valence-electron chi connectivity index (χ2n) is 8.49. The Balaban J connectivity index is 1.52. The summed E-state index contributed by atoms with van der Waals surface area (Å²) in [5.41, 5.74) is 1.16. The molecule has 4 aromatic rings. The fraction of sp³-hybridized carbons (Fsp3) is 0.350. The molecule has 5 heterocycles. The number of amides is 1. The van der Waals surface area contributed by atoms with E-state index in [1.54, 1.807) is 24.5 Å². The highest BCUT2D eigenvalue weighted by Gasteiger charge is 2.29. The minimum Gasteiger partial charge on any atom is -0.306 e. The lowest BCUT2D eigenvalue weighted by Crippen LogP contribution is -2.37. The van der Waals surface area contributed by atoms with Gasteiger partial charge in [0.1, 0.15) is 11.4 Å². The van der Waals surface area contributed by atoms with Crippen molar-refractivity contribution in [2.45, 2.75) is 18.8 Å². The van der Waals surface area contributed by atoms with Crippen molar-refractivity contribution in [3.63, 3.8) is 0 Å². The molecular weight excluding hydrogens is 510 g/mol. The molecule has 14 nitrogen and oxygen atoms in total. The first kappa shape index (κ1) is 24.1. The number of sulfonamides is 1. The van der Waals surface area contributed by atoms with E-state index in [4.69, 9.17) is 0 Å². The average molecular weight is 534 g/mol. The largest absolute Gasteiger partial charge is 0.306 e. The van der Waals surface area contributed by atoms with Gasteiger partial charge in [0, 0.05) is 49.9 Å². The van der Waals surface area contributed by atoms with Gasteiger partial charge in [-0.1, -0.05) is 0 Å². The summed E-state index contributed by atoms with van der Waals surface area (Å²) in [5, 5.41) is 11.5. The number of imidazole rings is 1. The monoisotopic (exact) mass is 533 g/mol. The number of anilines is 1. The normalized spacial score (nSPS) is 15.9. The van der Waals surface area contributed by atoms with Crippen LogP contribution in [-0.4, -0.2) is 86.0 Å². The summed E-state index contributed by atoms with van der Waals surface area (Å²) in [6.07, 6.45) is 10.5. The van der Waals surface area contributed by atoms with Gasteiger partial charge in [0.2, 0.25) is 26.0 Å². The molecule has 190 valence electrons. The molecule has 1 saturated heterocycles. The first-order valence-electron chi connectivity index (χ1n) is 10.9. The Morgan fingerprint density at radius 2 is 1.78 bits per heavy atom.